The molecule has 10 atom stereocenters. The largest absolute Gasteiger partial charge is 0.508 e. The molecule has 0 saturated carbocycles. The lowest BCUT2D eigenvalue weighted by Gasteiger charge is -2.46. The molecular formula is C37H38O19. The van der Waals surface area contributed by atoms with Crippen LogP contribution in [-0.2, 0) is 23.7 Å². The van der Waals surface area contributed by atoms with Crippen molar-refractivity contribution >= 4 is 23.0 Å². The molecule has 2 saturated heterocycles. The average Bonchev–Trinajstić information content (AvgIpc) is 3.17. The fraction of sp³-hybridized carbons (Fsp3) is 0.351. The zero-order valence-electron chi connectivity index (χ0n) is 29.2. The van der Waals surface area contributed by atoms with Gasteiger partial charge in [0.25, 0.3) is 0 Å². The van der Waals surface area contributed by atoms with E-state index in [0.29, 0.717) is 5.56 Å². The highest BCUT2D eigenvalue weighted by molar-refractivity contribution is 5.88. The second-order valence-corrected chi connectivity index (χ2v) is 12.8. The average molecular weight is 787 g/mol. The zero-order valence-corrected chi connectivity index (χ0v) is 29.2. The lowest BCUT2D eigenvalue weighted by atomic mass is 9.96. The molecule has 56 heavy (non-hydrogen) atoms. The van der Waals surface area contributed by atoms with Gasteiger partial charge in [0.1, 0.15) is 70.9 Å². The number of benzene rings is 3. The molecule has 19 heteroatoms. The van der Waals surface area contributed by atoms with Crippen LogP contribution in [0.3, 0.4) is 0 Å². The van der Waals surface area contributed by atoms with Crippen LogP contribution in [0.5, 0.6) is 34.5 Å². The molecule has 2 aliphatic rings. The summed E-state index contributed by atoms with van der Waals surface area (Å²) in [7, 11) is 1.33. The maximum absolute atomic E-state index is 13.8. The number of fused-ring (bicyclic) bond motifs is 1. The summed E-state index contributed by atoms with van der Waals surface area (Å²) >= 11 is 0. The van der Waals surface area contributed by atoms with Crippen molar-refractivity contribution < 1.29 is 88.7 Å². The van der Waals surface area contributed by atoms with Gasteiger partial charge in [0.15, 0.2) is 29.7 Å². The summed E-state index contributed by atoms with van der Waals surface area (Å²) in [5, 5.41) is 104. The molecule has 2 aliphatic heterocycles. The van der Waals surface area contributed by atoms with E-state index in [9.17, 15) is 60.7 Å². The number of aliphatic hydroxyl groups excluding tert-OH is 6. The third-order valence-corrected chi connectivity index (χ3v) is 9.09. The molecule has 300 valence electrons. The Kier molecular flexibility index (Phi) is 12.0. The van der Waals surface area contributed by atoms with Crippen LogP contribution in [0, 0.1) is 0 Å². The number of hydrogen-bond donors (Lipinski definition) is 10. The van der Waals surface area contributed by atoms with E-state index < -0.39 is 109 Å². The molecule has 2 fully saturated rings. The van der Waals surface area contributed by atoms with Gasteiger partial charge in [-0.15, -0.1) is 0 Å². The van der Waals surface area contributed by atoms with Crippen molar-refractivity contribution in [3.8, 4) is 45.8 Å². The first-order valence-corrected chi connectivity index (χ1v) is 16.9. The summed E-state index contributed by atoms with van der Waals surface area (Å²) in [4.78, 5) is 26.7. The van der Waals surface area contributed by atoms with Gasteiger partial charge in [0.05, 0.1) is 20.3 Å². The van der Waals surface area contributed by atoms with Gasteiger partial charge in [-0.1, -0.05) is 6.07 Å². The van der Waals surface area contributed by atoms with Gasteiger partial charge in [-0.25, -0.2) is 4.79 Å². The van der Waals surface area contributed by atoms with Gasteiger partial charge in [0.2, 0.25) is 17.5 Å². The number of hydrogen-bond acceptors (Lipinski definition) is 19. The second-order valence-electron chi connectivity index (χ2n) is 12.8. The third-order valence-electron chi connectivity index (χ3n) is 9.09. The molecular weight excluding hydrogens is 748 g/mol. The molecule has 4 aromatic rings. The summed E-state index contributed by atoms with van der Waals surface area (Å²) in [5.41, 5.74) is -0.714. The number of aliphatic hydroxyl groups is 6. The Balaban J connectivity index is 1.26. The number of esters is 1. The van der Waals surface area contributed by atoms with Gasteiger partial charge in [-0.05, 0) is 48.0 Å². The van der Waals surface area contributed by atoms with Crippen molar-refractivity contribution in [1.29, 1.82) is 0 Å². The van der Waals surface area contributed by atoms with E-state index in [1.807, 2.05) is 0 Å². The van der Waals surface area contributed by atoms with E-state index >= 15 is 0 Å². The Bertz CT molecular complexity index is 2110. The second kappa shape index (κ2) is 16.7. The standard InChI is InChI=1S/C37H38O19/c1-50-21-10-15(2-8-19(21)42)3-9-25(44)54-35-29(47)27(45)23(13-38)52-37(35)55-33-24(14-39)53-36(31(49)30(33)48)56-34-28(46)26-20(43)11-18(41)12-22(26)51-32(34)16-4-6-17(40)7-5-16/h2-12,23-24,27,29-31,33,35-43,45,47-49H,13-14H2,1H3/b9-3+/t23?,24?,27-,29-,30+,31?,33+,35?,36-,37-/m0/s1. The zero-order chi connectivity index (χ0) is 40.4. The summed E-state index contributed by atoms with van der Waals surface area (Å²) in [6, 6.07) is 11.4. The normalized spacial score (nSPS) is 28.0. The van der Waals surface area contributed by atoms with Crippen LogP contribution >= 0.6 is 0 Å². The minimum Gasteiger partial charge on any atom is -0.508 e. The van der Waals surface area contributed by atoms with E-state index in [-0.39, 0.29) is 34.2 Å². The molecule has 0 radical (unpaired) electrons. The highest BCUT2D eigenvalue weighted by Gasteiger charge is 2.52. The molecule has 1 aromatic heterocycles. The first-order valence-electron chi connectivity index (χ1n) is 16.9. The van der Waals surface area contributed by atoms with Gasteiger partial charge in [-0.3, -0.25) is 4.79 Å². The fourth-order valence-electron chi connectivity index (χ4n) is 6.19. The number of rotatable bonds is 11. The van der Waals surface area contributed by atoms with Gasteiger partial charge in [-0.2, -0.15) is 0 Å². The Labute approximate surface area is 315 Å². The van der Waals surface area contributed by atoms with Gasteiger partial charge >= 0.3 is 5.97 Å². The minimum atomic E-state index is -2.09. The van der Waals surface area contributed by atoms with Crippen molar-refractivity contribution in [3.63, 3.8) is 0 Å². The Morgan fingerprint density at radius 2 is 1.45 bits per heavy atom. The fourth-order valence-corrected chi connectivity index (χ4v) is 6.19. The number of carbonyl (C=O) groups is 1. The molecule has 4 unspecified atom stereocenters. The molecule has 0 spiro atoms. The monoisotopic (exact) mass is 786 g/mol. The van der Waals surface area contributed by atoms with Gasteiger partial charge < -0.3 is 83.9 Å². The van der Waals surface area contributed by atoms with Crippen molar-refractivity contribution in [3.05, 3.63) is 76.5 Å². The van der Waals surface area contributed by atoms with Crippen molar-refractivity contribution in [2.75, 3.05) is 20.3 Å². The summed E-state index contributed by atoms with van der Waals surface area (Å²) in [6.45, 7) is -1.78. The number of carbonyl (C=O) groups excluding carboxylic acids is 1. The highest BCUT2D eigenvalue weighted by Crippen LogP contribution is 2.38. The van der Waals surface area contributed by atoms with E-state index in [1.54, 1.807) is 0 Å². The number of phenols is 4. The summed E-state index contributed by atoms with van der Waals surface area (Å²) in [5.74, 6) is -3.34. The van der Waals surface area contributed by atoms with E-state index in [0.717, 1.165) is 18.2 Å². The first kappa shape index (κ1) is 40.2. The predicted octanol–water partition coefficient (Wildman–Crippen LogP) is -0.442. The lowest BCUT2D eigenvalue weighted by molar-refractivity contribution is -0.352. The highest BCUT2D eigenvalue weighted by atomic mass is 16.7. The smallest absolute Gasteiger partial charge is 0.331 e. The van der Waals surface area contributed by atoms with Crippen LogP contribution in [0.25, 0.3) is 28.4 Å². The Morgan fingerprint density at radius 3 is 2.12 bits per heavy atom. The predicted molar refractivity (Wildman–Crippen MR) is 188 cm³/mol. The van der Waals surface area contributed by atoms with Gasteiger partial charge in [0, 0.05) is 23.8 Å². The minimum absolute atomic E-state index is 0.115. The number of methoxy groups -OCH3 is 1. The van der Waals surface area contributed by atoms with E-state index in [2.05, 4.69) is 0 Å². The first-order chi connectivity index (χ1) is 26.7. The number of phenolic OH excluding ortho intramolecular Hbond substituents is 4. The molecule has 3 aromatic carbocycles. The maximum atomic E-state index is 13.8. The Morgan fingerprint density at radius 1 is 0.768 bits per heavy atom. The van der Waals surface area contributed by atoms with Crippen LogP contribution in [0.15, 0.2) is 69.9 Å². The van der Waals surface area contributed by atoms with E-state index in [4.69, 9.17) is 32.8 Å². The van der Waals surface area contributed by atoms with Crippen LogP contribution in [0.1, 0.15) is 5.56 Å². The van der Waals surface area contributed by atoms with Crippen LogP contribution in [0.2, 0.25) is 0 Å². The SMILES string of the molecule is COc1cc(/C=C/C(=O)OC2[C@H](O[C@@H]3C(CO)O[C@@H](Oc4c(-c5ccc(O)cc5)oc5cc(O)cc(O)c5c4=O)C(O)[C@H]3O)OC(CO)[C@H](O)[C@@H]2O)ccc1O. The molecule has 3 heterocycles. The van der Waals surface area contributed by atoms with Crippen molar-refractivity contribution in [2.24, 2.45) is 0 Å². The molecule has 19 nitrogen and oxygen atoms in total. The van der Waals surface area contributed by atoms with Crippen LogP contribution in [0.4, 0.5) is 0 Å². The van der Waals surface area contributed by atoms with Crippen LogP contribution in [-0.4, -0.2) is 139 Å². The maximum Gasteiger partial charge on any atom is 0.331 e. The Hall–Kier alpha value is -5.48. The summed E-state index contributed by atoms with van der Waals surface area (Å²) in [6.07, 6.45) is -16.1. The molecule has 6 rings (SSSR count). The van der Waals surface area contributed by atoms with Crippen molar-refractivity contribution in [2.45, 2.75) is 61.4 Å². The number of aromatic hydroxyl groups is 4. The number of ether oxygens (including phenoxy) is 6. The third kappa shape index (κ3) is 8.07. The molecule has 0 amide bonds. The molecule has 0 bridgehead atoms. The topological polar surface area (TPSA) is 305 Å². The summed E-state index contributed by atoms with van der Waals surface area (Å²) < 4.78 is 39.2. The quantitative estimate of drug-likeness (QED) is 0.0680. The lowest BCUT2D eigenvalue weighted by Crippen LogP contribution is -2.65. The molecule has 0 aliphatic carbocycles. The van der Waals surface area contributed by atoms with E-state index in [1.165, 1.54) is 55.7 Å². The van der Waals surface area contributed by atoms with Crippen LogP contribution < -0.4 is 14.9 Å². The van der Waals surface area contributed by atoms with Crippen molar-refractivity contribution in [1.82, 2.24) is 0 Å². The molecule has 10 N–H and O–H groups in total.